The molecule has 0 saturated carbocycles. The fourth-order valence-electron chi connectivity index (χ4n) is 1.33. The smallest absolute Gasteiger partial charge is 0.133 e. The lowest BCUT2D eigenvalue weighted by Crippen LogP contribution is -2.10. The molecule has 1 unspecified atom stereocenters. The summed E-state index contributed by atoms with van der Waals surface area (Å²) in [6.45, 7) is 3.24. The molecular formula is C8H14N2O. The van der Waals surface area contributed by atoms with Crippen LogP contribution in [0.25, 0.3) is 0 Å². The lowest BCUT2D eigenvalue weighted by atomic mass is 10.1. The van der Waals surface area contributed by atoms with Gasteiger partial charge < -0.3 is 10.1 Å². The quantitative estimate of drug-likeness (QED) is 0.601. The molecule has 0 aliphatic carbocycles. The molecule has 1 heterocycles. The molecule has 1 atom stereocenters. The molecule has 11 heavy (non-hydrogen) atoms. The zero-order chi connectivity index (χ0) is 7.94. The van der Waals surface area contributed by atoms with E-state index in [1.807, 2.05) is 6.07 Å². The summed E-state index contributed by atoms with van der Waals surface area (Å²) in [6.07, 6.45) is 2.35. The first-order chi connectivity index (χ1) is 5.43. The third-order valence-electron chi connectivity index (χ3n) is 2.00. The summed E-state index contributed by atoms with van der Waals surface area (Å²) >= 11 is 0. The van der Waals surface area contributed by atoms with Crippen LogP contribution in [0.1, 0.15) is 12.8 Å². The molecule has 1 aliphatic heterocycles. The van der Waals surface area contributed by atoms with Crippen LogP contribution in [0.5, 0.6) is 0 Å². The van der Waals surface area contributed by atoms with Gasteiger partial charge in [0, 0.05) is 6.61 Å². The van der Waals surface area contributed by atoms with Gasteiger partial charge in [0.2, 0.25) is 0 Å². The van der Waals surface area contributed by atoms with E-state index in [0.29, 0.717) is 0 Å². The van der Waals surface area contributed by atoms with Crippen molar-refractivity contribution in [3.05, 3.63) is 0 Å². The van der Waals surface area contributed by atoms with Gasteiger partial charge in [-0.2, -0.15) is 5.26 Å². The Bertz CT molecular complexity index is 136. The Kier molecular flexibility index (Phi) is 3.95. The van der Waals surface area contributed by atoms with E-state index in [1.165, 1.54) is 6.42 Å². The van der Waals surface area contributed by atoms with Crippen molar-refractivity contribution in [2.75, 3.05) is 26.3 Å². The van der Waals surface area contributed by atoms with E-state index in [4.69, 9.17) is 10.00 Å². The molecule has 1 rings (SSSR count). The van der Waals surface area contributed by atoms with Crippen LogP contribution in [0.2, 0.25) is 0 Å². The van der Waals surface area contributed by atoms with Crippen LogP contribution in [0, 0.1) is 17.2 Å². The third kappa shape index (κ3) is 3.35. The zero-order valence-electron chi connectivity index (χ0n) is 6.68. The molecule has 1 aliphatic rings. The number of nitrogens with one attached hydrogen (secondary N) is 1. The molecule has 0 aromatic rings. The molecule has 0 aromatic heterocycles. The third-order valence-corrected chi connectivity index (χ3v) is 2.00. The summed E-state index contributed by atoms with van der Waals surface area (Å²) in [7, 11) is 0. The summed E-state index contributed by atoms with van der Waals surface area (Å²) in [5.41, 5.74) is 0. The minimum atomic E-state index is 0.236. The molecule has 3 nitrogen and oxygen atoms in total. The number of hydrogen-bond donors (Lipinski definition) is 1. The highest BCUT2D eigenvalue weighted by molar-refractivity contribution is 4.71. The van der Waals surface area contributed by atoms with Crippen LogP contribution < -0.4 is 5.32 Å². The number of nitrogens with zero attached hydrogens (tertiary/aromatic N) is 1. The maximum atomic E-state index is 8.17. The van der Waals surface area contributed by atoms with E-state index in [-0.39, 0.29) is 6.61 Å². The van der Waals surface area contributed by atoms with Gasteiger partial charge in [-0.25, -0.2) is 0 Å². The number of rotatable bonds is 4. The summed E-state index contributed by atoms with van der Waals surface area (Å²) in [5, 5.41) is 11.5. The lowest BCUT2D eigenvalue weighted by Gasteiger charge is -2.05. The van der Waals surface area contributed by atoms with Gasteiger partial charge in [0.15, 0.2) is 0 Å². The van der Waals surface area contributed by atoms with Crippen molar-refractivity contribution < 1.29 is 4.74 Å². The molecule has 0 aromatic carbocycles. The van der Waals surface area contributed by atoms with Crippen molar-refractivity contribution in [2.24, 2.45) is 5.92 Å². The lowest BCUT2D eigenvalue weighted by molar-refractivity contribution is 0.151. The topological polar surface area (TPSA) is 45.0 Å². The fraction of sp³-hybridized carbons (Fsp3) is 0.875. The highest BCUT2D eigenvalue weighted by Crippen LogP contribution is 2.11. The van der Waals surface area contributed by atoms with Crippen LogP contribution in [-0.2, 0) is 4.74 Å². The zero-order valence-corrected chi connectivity index (χ0v) is 6.68. The molecule has 1 saturated heterocycles. The maximum absolute atomic E-state index is 8.17. The van der Waals surface area contributed by atoms with Gasteiger partial charge in [-0.1, -0.05) is 0 Å². The average molecular weight is 154 g/mol. The van der Waals surface area contributed by atoms with Gasteiger partial charge in [-0.15, -0.1) is 0 Å². The first kappa shape index (κ1) is 8.51. The van der Waals surface area contributed by atoms with Crippen molar-refractivity contribution in [1.29, 1.82) is 5.26 Å². The minimum Gasteiger partial charge on any atom is -0.367 e. The van der Waals surface area contributed by atoms with Gasteiger partial charge in [0.25, 0.3) is 0 Å². The fourth-order valence-corrected chi connectivity index (χ4v) is 1.33. The van der Waals surface area contributed by atoms with E-state index in [0.717, 1.165) is 32.0 Å². The van der Waals surface area contributed by atoms with Gasteiger partial charge in [-0.05, 0) is 31.8 Å². The van der Waals surface area contributed by atoms with Crippen molar-refractivity contribution in [3.8, 4) is 6.07 Å². The molecule has 1 N–H and O–H groups in total. The van der Waals surface area contributed by atoms with E-state index in [1.54, 1.807) is 0 Å². The van der Waals surface area contributed by atoms with Crippen molar-refractivity contribution in [3.63, 3.8) is 0 Å². The van der Waals surface area contributed by atoms with Gasteiger partial charge in [0.1, 0.15) is 6.61 Å². The van der Waals surface area contributed by atoms with E-state index < -0.39 is 0 Å². The molecule has 0 amide bonds. The Morgan fingerprint density at radius 2 is 2.55 bits per heavy atom. The first-order valence-corrected chi connectivity index (χ1v) is 4.09. The maximum Gasteiger partial charge on any atom is 0.133 e. The normalized spacial score (nSPS) is 23.4. The van der Waals surface area contributed by atoms with E-state index in [9.17, 15) is 0 Å². The predicted octanol–water partition coefficient (Wildman–Crippen LogP) is 0.526. The Balaban J connectivity index is 1.90. The summed E-state index contributed by atoms with van der Waals surface area (Å²) in [5.74, 6) is 0.772. The predicted molar refractivity (Wildman–Crippen MR) is 42.0 cm³/mol. The first-order valence-electron chi connectivity index (χ1n) is 4.09. The monoisotopic (exact) mass is 154 g/mol. The Hall–Kier alpha value is -0.590. The number of nitriles is 1. The Morgan fingerprint density at radius 1 is 1.64 bits per heavy atom. The second kappa shape index (κ2) is 5.11. The highest BCUT2D eigenvalue weighted by Gasteiger charge is 2.13. The largest absolute Gasteiger partial charge is 0.367 e. The van der Waals surface area contributed by atoms with Gasteiger partial charge in [0.05, 0.1) is 6.07 Å². The van der Waals surface area contributed by atoms with Gasteiger partial charge in [-0.3, -0.25) is 0 Å². The molecule has 3 heteroatoms. The standard InChI is InChI=1S/C8H14N2O/c9-3-6-11-5-2-8-1-4-10-7-8/h8,10H,1-2,4-7H2. The van der Waals surface area contributed by atoms with Crippen LogP contribution >= 0.6 is 0 Å². The van der Waals surface area contributed by atoms with Crippen LogP contribution in [0.4, 0.5) is 0 Å². The summed E-state index contributed by atoms with van der Waals surface area (Å²) in [4.78, 5) is 0. The van der Waals surface area contributed by atoms with Gasteiger partial charge >= 0.3 is 0 Å². The van der Waals surface area contributed by atoms with Crippen molar-refractivity contribution >= 4 is 0 Å². The summed E-state index contributed by atoms with van der Waals surface area (Å²) < 4.78 is 5.06. The minimum absolute atomic E-state index is 0.236. The molecular weight excluding hydrogens is 140 g/mol. The average Bonchev–Trinajstić information content (AvgIpc) is 2.50. The van der Waals surface area contributed by atoms with Crippen LogP contribution in [-0.4, -0.2) is 26.3 Å². The van der Waals surface area contributed by atoms with E-state index >= 15 is 0 Å². The Labute approximate surface area is 67.3 Å². The second-order valence-electron chi connectivity index (χ2n) is 2.86. The van der Waals surface area contributed by atoms with Crippen molar-refractivity contribution in [2.45, 2.75) is 12.8 Å². The summed E-state index contributed by atoms with van der Waals surface area (Å²) in [6, 6.07) is 1.96. The molecule has 62 valence electrons. The molecule has 0 spiro atoms. The highest BCUT2D eigenvalue weighted by atomic mass is 16.5. The number of ether oxygens (including phenoxy) is 1. The molecule has 0 radical (unpaired) electrons. The second-order valence-corrected chi connectivity index (χ2v) is 2.86. The van der Waals surface area contributed by atoms with E-state index in [2.05, 4.69) is 5.32 Å². The van der Waals surface area contributed by atoms with Crippen LogP contribution in [0.3, 0.4) is 0 Å². The Morgan fingerprint density at radius 3 is 3.18 bits per heavy atom. The van der Waals surface area contributed by atoms with Crippen molar-refractivity contribution in [1.82, 2.24) is 5.32 Å². The molecule has 0 bridgehead atoms. The van der Waals surface area contributed by atoms with Crippen LogP contribution in [0.15, 0.2) is 0 Å². The number of hydrogen-bond acceptors (Lipinski definition) is 3. The molecule has 1 fully saturated rings. The SMILES string of the molecule is N#CCOCCC1CCNC1.